The molecule has 1 N–H and O–H groups in total. The maximum Gasteiger partial charge on any atom is 0.255 e. The summed E-state index contributed by atoms with van der Waals surface area (Å²) in [6, 6.07) is 15.1. The molecule has 4 nitrogen and oxygen atoms in total. The van der Waals surface area contributed by atoms with E-state index in [2.05, 4.69) is 19.2 Å². The Morgan fingerprint density at radius 3 is 2.32 bits per heavy atom. The van der Waals surface area contributed by atoms with Crippen molar-refractivity contribution in [3.05, 3.63) is 59.7 Å². The molecule has 0 radical (unpaired) electrons. The molecule has 25 heavy (non-hydrogen) atoms. The number of carbonyl (C=O) groups excluding carboxylic acids is 1. The number of nitrogens with one attached hydrogen (secondary N) is 1. The van der Waals surface area contributed by atoms with Gasteiger partial charge in [-0.25, -0.2) is 0 Å². The van der Waals surface area contributed by atoms with Gasteiger partial charge < -0.3 is 14.8 Å². The summed E-state index contributed by atoms with van der Waals surface area (Å²) in [6.45, 7) is 9.19. The van der Waals surface area contributed by atoms with Gasteiger partial charge in [0.15, 0.2) is 0 Å². The van der Waals surface area contributed by atoms with Crippen molar-refractivity contribution in [1.29, 1.82) is 0 Å². The Kier molecular flexibility index (Phi) is 6.87. The molecule has 0 saturated carbocycles. The van der Waals surface area contributed by atoms with Crippen molar-refractivity contribution in [3.8, 4) is 11.5 Å². The van der Waals surface area contributed by atoms with Crippen LogP contribution in [0.4, 0.5) is 0 Å². The summed E-state index contributed by atoms with van der Waals surface area (Å²) in [4.78, 5) is 12.5. The van der Waals surface area contributed by atoms with Crippen LogP contribution in [0.5, 0.6) is 11.5 Å². The van der Waals surface area contributed by atoms with Crippen LogP contribution in [-0.4, -0.2) is 18.6 Å². The molecule has 0 saturated heterocycles. The molecule has 0 atom stereocenters. The highest BCUT2D eigenvalue weighted by Crippen LogP contribution is 2.19. The first kappa shape index (κ1) is 18.8. The fourth-order valence-electron chi connectivity index (χ4n) is 2.27. The summed E-state index contributed by atoms with van der Waals surface area (Å²) in [5.41, 5.74) is 1.58. The van der Waals surface area contributed by atoms with Crippen molar-refractivity contribution < 1.29 is 14.3 Å². The van der Waals surface area contributed by atoms with E-state index in [0.29, 0.717) is 30.4 Å². The monoisotopic (exact) mass is 341 g/mol. The summed E-state index contributed by atoms with van der Waals surface area (Å²) >= 11 is 0. The number of ether oxygens (including phenoxy) is 2. The van der Waals surface area contributed by atoms with Crippen LogP contribution in [0.3, 0.4) is 0 Å². The first-order chi connectivity index (χ1) is 12.0. The minimum absolute atomic E-state index is 0.137. The van der Waals surface area contributed by atoms with Gasteiger partial charge in [0.05, 0.1) is 18.3 Å². The van der Waals surface area contributed by atoms with E-state index in [4.69, 9.17) is 9.47 Å². The van der Waals surface area contributed by atoms with Crippen LogP contribution in [-0.2, 0) is 6.54 Å². The lowest BCUT2D eigenvalue weighted by atomic mass is 10.1. The zero-order valence-corrected chi connectivity index (χ0v) is 15.4. The normalized spacial score (nSPS) is 10.8. The van der Waals surface area contributed by atoms with Crippen LogP contribution in [0.1, 0.15) is 43.6 Å². The van der Waals surface area contributed by atoms with Gasteiger partial charge in [-0.2, -0.15) is 0 Å². The molecule has 0 aliphatic rings. The first-order valence-corrected chi connectivity index (χ1v) is 8.71. The van der Waals surface area contributed by atoms with Crippen LogP contribution in [0.25, 0.3) is 0 Å². The zero-order chi connectivity index (χ0) is 18.2. The summed E-state index contributed by atoms with van der Waals surface area (Å²) < 4.78 is 11.4. The Morgan fingerprint density at radius 1 is 1.00 bits per heavy atom. The van der Waals surface area contributed by atoms with Crippen LogP contribution < -0.4 is 14.8 Å². The maximum atomic E-state index is 12.5. The van der Waals surface area contributed by atoms with Gasteiger partial charge in [0, 0.05) is 6.54 Å². The fourth-order valence-corrected chi connectivity index (χ4v) is 2.27. The molecule has 0 aliphatic carbocycles. The molecule has 0 fully saturated rings. The SMILES string of the molecule is CC(C)COc1ccccc1C(=O)NCc1ccc(OC(C)C)cc1. The predicted molar refractivity (Wildman–Crippen MR) is 100 cm³/mol. The van der Waals surface area contributed by atoms with E-state index in [1.54, 1.807) is 6.07 Å². The molecule has 0 spiro atoms. The molecule has 2 rings (SSSR count). The molecule has 0 aliphatic heterocycles. The van der Waals surface area contributed by atoms with Crippen LogP contribution in [0, 0.1) is 5.92 Å². The van der Waals surface area contributed by atoms with Crippen molar-refractivity contribution in [2.75, 3.05) is 6.61 Å². The molecule has 4 heteroatoms. The minimum Gasteiger partial charge on any atom is -0.492 e. The summed E-state index contributed by atoms with van der Waals surface area (Å²) in [6.07, 6.45) is 0.146. The van der Waals surface area contributed by atoms with Gasteiger partial charge in [-0.15, -0.1) is 0 Å². The highest BCUT2D eigenvalue weighted by atomic mass is 16.5. The van der Waals surface area contributed by atoms with Crippen molar-refractivity contribution in [2.24, 2.45) is 5.92 Å². The van der Waals surface area contributed by atoms with Crippen molar-refractivity contribution in [2.45, 2.75) is 40.3 Å². The van der Waals surface area contributed by atoms with Crippen molar-refractivity contribution in [3.63, 3.8) is 0 Å². The molecular formula is C21H27NO3. The molecule has 0 unspecified atom stereocenters. The topological polar surface area (TPSA) is 47.6 Å². The molecule has 2 aromatic carbocycles. The number of amides is 1. The number of hydrogen-bond donors (Lipinski definition) is 1. The smallest absolute Gasteiger partial charge is 0.255 e. The van der Waals surface area contributed by atoms with Gasteiger partial charge in [-0.05, 0) is 49.6 Å². The highest BCUT2D eigenvalue weighted by molar-refractivity contribution is 5.96. The second-order valence-electron chi connectivity index (χ2n) is 6.69. The molecule has 0 aromatic heterocycles. The first-order valence-electron chi connectivity index (χ1n) is 8.71. The van der Waals surface area contributed by atoms with E-state index >= 15 is 0 Å². The summed E-state index contributed by atoms with van der Waals surface area (Å²) in [7, 11) is 0. The minimum atomic E-state index is -0.137. The molecule has 134 valence electrons. The van der Waals surface area contributed by atoms with E-state index in [9.17, 15) is 4.79 Å². The third kappa shape index (κ3) is 6.14. The second kappa shape index (κ2) is 9.11. The van der Waals surface area contributed by atoms with Crippen molar-refractivity contribution in [1.82, 2.24) is 5.32 Å². The third-order valence-electron chi connectivity index (χ3n) is 3.45. The lowest BCUT2D eigenvalue weighted by molar-refractivity contribution is 0.0946. The van der Waals surface area contributed by atoms with Crippen molar-refractivity contribution >= 4 is 5.91 Å². The van der Waals surface area contributed by atoms with Gasteiger partial charge in [0.2, 0.25) is 0 Å². The summed E-state index contributed by atoms with van der Waals surface area (Å²) in [5.74, 6) is 1.72. The average Bonchev–Trinajstić information content (AvgIpc) is 2.59. The standard InChI is InChI=1S/C21H27NO3/c1-15(2)14-24-20-8-6-5-7-19(20)21(23)22-13-17-9-11-18(12-10-17)25-16(3)4/h5-12,15-16H,13-14H2,1-4H3,(H,22,23). The van der Waals surface area contributed by atoms with Gasteiger partial charge in [0.1, 0.15) is 11.5 Å². The summed E-state index contributed by atoms with van der Waals surface area (Å²) in [5, 5.41) is 2.94. The molecule has 0 heterocycles. The Morgan fingerprint density at radius 2 is 1.68 bits per heavy atom. The third-order valence-corrected chi connectivity index (χ3v) is 3.45. The molecule has 2 aromatic rings. The Labute approximate surface area is 150 Å². The van der Waals surface area contributed by atoms with Gasteiger partial charge in [-0.3, -0.25) is 4.79 Å². The number of para-hydroxylation sites is 1. The molecule has 1 amide bonds. The Hall–Kier alpha value is -2.49. The number of benzene rings is 2. The maximum absolute atomic E-state index is 12.5. The van der Waals surface area contributed by atoms with Crippen LogP contribution in [0.15, 0.2) is 48.5 Å². The lowest BCUT2D eigenvalue weighted by Crippen LogP contribution is -2.23. The quantitative estimate of drug-likeness (QED) is 0.772. The number of rotatable bonds is 8. The van der Waals surface area contributed by atoms with E-state index in [1.807, 2.05) is 56.3 Å². The van der Waals surface area contributed by atoms with Crippen LogP contribution >= 0.6 is 0 Å². The highest BCUT2D eigenvalue weighted by Gasteiger charge is 2.12. The van der Waals surface area contributed by atoms with Crippen LogP contribution in [0.2, 0.25) is 0 Å². The molecule has 0 bridgehead atoms. The Bertz CT molecular complexity index is 678. The Balaban J connectivity index is 1.96. The lowest BCUT2D eigenvalue weighted by Gasteiger charge is -2.13. The zero-order valence-electron chi connectivity index (χ0n) is 15.4. The predicted octanol–water partition coefficient (Wildman–Crippen LogP) is 4.44. The second-order valence-corrected chi connectivity index (χ2v) is 6.69. The van der Waals surface area contributed by atoms with E-state index in [0.717, 1.165) is 11.3 Å². The van der Waals surface area contributed by atoms with Gasteiger partial charge in [-0.1, -0.05) is 38.1 Å². The van der Waals surface area contributed by atoms with Gasteiger partial charge in [0.25, 0.3) is 5.91 Å². The largest absolute Gasteiger partial charge is 0.492 e. The fraction of sp³-hybridized carbons (Fsp3) is 0.381. The average molecular weight is 341 g/mol. The van der Waals surface area contributed by atoms with E-state index in [1.165, 1.54) is 0 Å². The number of hydrogen-bond acceptors (Lipinski definition) is 3. The molecular weight excluding hydrogens is 314 g/mol. The van der Waals surface area contributed by atoms with E-state index in [-0.39, 0.29) is 12.0 Å². The number of carbonyl (C=O) groups is 1. The van der Waals surface area contributed by atoms with E-state index < -0.39 is 0 Å². The van der Waals surface area contributed by atoms with Gasteiger partial charge >= 0.3 is 0 Å².